The van der Waals surface area contributed by atoms with Crippen molar-refractivity contribution < 1.29 is 9.47 Å². The Morgan fingerprint density at radius 2 is 1.97 bits per heavy atom. The molecule has 0 spiro atoms. The zero-order valence-corrected chi connectivity index (χ0v) is 16.7. The zero-order chi connectivity index (χ0) is 19.6. The second kappa shape index (κ2) is 7.96. The van der Waals surface area contributed by atoms with Crippen LogP contribution < -0.4 is 15.0 Å². The van der Waals surface area contributed by atoms with Crippen LogP contribution in [0.15, 0.2) is 30.7 Å². The lowest BCUT2D eigenvalue weighted by atomic mass is 10.1. The molecule has 0 radical (unpaired) electrons. The van der Waals surface area contributed by atoms with Crippen LogP contribution in [-0.4, -0.2) is 65.2 Å². The van der Waals surface area contributed by atoms with Gasteiger partial charge >= 0.3 is 0 Å². The summed E-state index contributed by atoms with van der Waals surface area (Å²) in [7, 11) is 0. The average Bonchev–Trinajstić information content (AvgIpc) is 3.20. The standard InChI is InChI=1S/C21H26N6O2/c1-15-12-16(26-8-10-28-11-9-26)2-3-19(15)27-20-18(13-25-27)21(24-14-23-20)29-17-4-6-22-7-5-17/h2-3,12-14,17,22H,4-11H2,1H3. The van der Waals surface area contributed by atoms with E-state index in [2.05, 4.69) is 50.4 Å². The normalized spacial score (nSPS) is 18.3. The predicted octanol–water partition coefficient (Wildman–Crippen LogP) is 2.09. The van der Waals surface area contributed by atoms with Gasteiger partial charge in [0.05, 0.1) is 25.1 Å². The summed E-state index contributed by atoms with van der Waals surface area (Å²) in [6, 6.07) is 6.47. The minimum atomic E-state index is 0.187. The maximum Gasteiger partial charge on any atom is 0.228 e. The van der Waals surface area contributed by atoms with E-state index in [-0.39, 0.29) is 6.10 Å². The third-order valence-corrected chi connectivity index (χ3v) is 5.68. The first-order valence-corrected chi connectivity index (χ1v) is 10.3. The van der Waals surface area contributed by atoms with Crippen LogP contribution in [0.5, 0.6) is 5.88 Å². The van der Waals surface area contributed by atoms with Crippen LogP contribution in [0.25, 0.3) is 16.7 Å². The molecule has 2 aliphatic rings. The highest BCUT2D eigenvalue weighted by Gasteiger charge is 2.19. The molecule has 8 nitrogen and oxygen atoms in total. The van der Waals surface area contributed by atoms with Gasteiger partial charge in [-0.2, -0.15) is 5.10 Å². The van der Waals surface area contributed by atoms with Gasteiger partial charge in [-0.1, -0.05) is 0 Å². The van der Waals surface area contributed by atoms with Crippen molar-refractivity contribution in [1.29, 1.82) is 0 Å². The quantitative estimate of drug-likeness (QED) is 0.726. The molecule has 2 fully saturated rings. The Bertz CT molecular complexity index is 992. The summed E-state index contributed by atoms with van der Waals surface area (Å²) < 4.78 is 13.5. The maximum absolute atomic E-state index is 6.18. The average molecular weight is 394 g/mol. The van der Waals surface area contributed by atoms with Gasteiger partial charge in [-0.3, -0.25) is 0 Å². The largest absolute Gasteiger partial charge is 0.474 e. The first kappa shape index (κ1) is 18.3. The number of nitrogens with one attached hydrogen (secondary N) is 1. The van der Waals surface area contributed by atoms with E-state index >= 15 is 0 Å². The molecule has 29 heavy (non-hydrogen) atoms. The molecule has 0 aliphatic carbocycles. The van der Waals surface area contributed by atoms with E-state index in [1.54, 1.807) is 12.5 Å². The highest BCUT2D eigenvalue weighted by Crippen LogP contribution is 2.28. The van der Waals surface area contributed by atoms with Gasteiger partial charge in [0.2, 0.25) is 5.88 Å². The van der Waals surface area contributed by atoms with E-state index in [1.165, 1.54) is 5.69 Å². The van der Waals surface area contributed by atoms with E-state index in [1.807, 2.05) is 4.68 Å². The smallest absolute Gasteiger partial charge is 0.228 e. The van der Waals surface area contributed by atoms with Crippen molar-refractivity contribution in [2.45, 2.75) is 25.9 Å². The SMILES string of the molecule is Cc1cc(N2CCOCC2)ccc1-n1ncc2c(OC3CCNCC3)ncnc21. The minimum Gasteiger partial charge on any atom is -0.474 e. The van der Waals surface area contributed by atoms with Crippen LogP contribution in [0.4, 0.5) is 5.69 Å². The molecule has 4 heterocycles. The number of aryl methyl sites for hydroxylation is 1. The summed E-state index contributed by atoms with van der Waals surface area (Å²) in [6.45, 7) is 7.48. The van der Waals surface area contributed by atoms with Gasteiger partial charge in [0.15, 0.2) is 5.65 Å². The number of benzene rings is 1. The second-order valence-electron chi connectivity index (χ2n) is 7.61. The number of morpholine rings is 1. The molecular formula is C21H26N6O2. The van der Waals surface area contributed by atoms with E-state index < -0.39 is 0 Å². The van der Waals surface area contributed by atoms with Gasteiger partial charge in [0.25, 0.3) is 0 Å². The van der Waals surface area contributed by atoms with Crippen LogP contribution in [0.2, 0.25) is 0 Å². The number of aromatic nitrogens is 4. The van der Waals surface area contributed by atoms with Crippen molar-refractivity contribution >= 4 is 16.7 Å². The van der Waals surface area contributed by atoms with E-state index in [0.717, 1.165) is 74.5 Å². The molecule has 2 aromatic heterocycles. The first-order chi connectivity index (χ1) is 14.3. The number of piperidine rings is 1. The molecule has 1 N–H and O–H groups in total. The highest BCUT2D eigenvalue weighted by atomic mass is 16.5. The minimum absolute atomic E-state index is 0.187. The van der Waals surface area contributed by atoms with Crippen LogP contribution in [0, 0.1) is 6.92 Å². The summed E-state index contributed by atoms with van der Waals surface area (Å²) in [5.74, 6) is 0.621. The predicted molar refractivity (Wildman–Crippen MR) is 111 cm³/mol. The van der Waals surface area contributed by atoms with Gasteiger partial charge in [0, 0.05) is 18.8 Å². The maximum atomic E-state index is 6.18. The Kier molecular flexibility index (Phi) is 5.03. The number of nitrogens with zero attached hydrogens (tertiary/aromatic N) is 5. The third kappa shape index (κ3) is 3.65. The van der Waals surface area contributed by atoms with Crippen LogP contribution in [0.3, 0.4) is 0 Å². The Balaban J connectivity index is 1.45. The summed E-state index contributed by atoms with van der Waals surface area (Å²) >= 11 is 0. The van der Waals surface area contributed by atoms with Gasteiger partial charge in [0.1, 0.15) is 17.8 Å². The monoisotopic (exact) mass is 394 g/mol. The Morgan fingerprint density at radius 3 is 2.76 bits per heavy atom. The van der Waals surface area contributed by atoms with Crippen LogP contribution in [0.1, 0.15) is 18.4 Å². The number of rotatable bonds is 4. The molecule has 0 amide bonds. The lowest BCUT2D eigenvalue weighted by Crippen LogP contribution is -2.36. The highest BCUT2D eigenvalue weighted by molar-refractivity contribution is 5.81. The fourth-order valence-corrected chi connectivity index (χ4v) is 4.06. The van der Waals surface area contributed by atoms with Crippen LogP contribution in [-0.2, 0) is 4.74 Å². The number of hydrogen-bond acceptors (Lipinski definition) is 7. The summed E-state index contributed by atoms with van der Waals surface area (Å²) in [4.78, 5) is 11.2. The second-order valence-corrected chi connectivity index (χ2v) is 7.61. The van der Waals surface area contributed by atoms with Crippen molar-refractivity contribution in [3.63, 3.8) is 0 Å². The molecule has 2 aliphatic heterocycles. The van der Waals surface area contributed by atoms with E-state index in [4.69, 9.17) is 9.47 Å². The van der Waals surface area contributed by atoms with Gasteiger partial charge in [-0.15, -0.1) is 0 Å². The first-order valence-electron chi connectivity index (χ1n) is 10.3. The van der Waals surface area contributed by atoms with E-state index in [0.29, 0.717) is 5.88 Å². The molecule has 1 aromatic carbocycles. The summed E-state index contributed by atoms with van der Waals surface area (Å²) in [5.41, 5.74) is 4.16. The number of ether oxygens (including phenoxy) is 2. The lowest BCUT2D eigenvalue weighted by Gasteiger charge is -2.29. The van der Waals surface area contributed by atoms with Crippen molar-refractivity contribution in [1.82, 2.24) is 25.1 Å². The van der Waals surface area contributed by atoms with Gasteiger partial charge in [-0.25, -0.2) is 14.6 Å². The Morgan fingerprint density at radius 1 is 1.14 bits per heavy atom. The molecule has 3 aromatic rings. The molecule has 0 saturated carbocycles. The lowest BCUT2D eigenvalue weighted by molar-refractivity contribution is 0.122. The number of hydrogen-bond donors (Lipinski definition) is 1. The molecule has 2 saturated heterocycles. The Hall–Kier alpha value is -2.71. The zero-order valence-electron chi connectivity index (χ0n) is 16.7. The third-order valence-electron chi connectivity index (χ3n) is 5.68. The molecule has 8 heteroatoms. The van der Waals surface area contributed by atoms with Crippen LogP contribution >= 0.6 is 0 Å². The van der Waals surface area contributed by atoms with Crippen molar-refractivity contribution in [2.75, 3.05) is 44.3 Å². The fraction of sp³-hybridized carbons (Fsp3) is 0.476. The molecule has 5 rings (SSSR count). The van der Waals surface area contributed by atoms with Gasteiger partial charge < -0.3 is 19.7 Å². The molecule has 0 unspecified atom stereocenters. The van der Waals surface area contributed by atoms with Gasteiger partial charge in [-0.05, 0) is 56.6 Å². The molecule has 0 bridgehead atoms. The van der Waals surface area contributed by atoms with Crippen molar-refractivity contribution in [2.24, 2.45) is 0 Å². The summed E-state index contributed by atoms with van der Waals surface area (Å²) in [6.07, 6.45) is 5.53. The van der Waals surface area contributed by atoms with Crippen molar-refractivity contribution in [3.05, 3.63) is 36.3 Å². The molecule has 152 valence electrons. The van der Waals surface area contributed by atoms with Crippen molar-refractivity contribution in [3.8, 4) is 11.6 Å². The summed E-state index contributed by atoms with van der Waals surface area (Å²) in [5, 5.41) is 8.82. The number of fused-ring (bicyclic) bond motifs is 1. The topological polar surface area (TPSA) is 77.3 Å². The molecule has 0 atom stereocenters. The number of anilines is 1. The Labute approximate surface area is 169 Å². The fourth-order valence-electron chi connectivity index (χ4n) is 4.06. The molecular weight excluding hydrogens is 368 g/mol. The van der Waals surface area contributed by atoms with E-state index in [9.17, 15) is 0 Å².